The summed E-state index contributed by atoms with van der Waals surface area (Å²) in [6.07, 6.45) is 1.81. The third kappa shape index (κ3) is 3.88. The molecule has 2 rings (SSSR count). The number of nitrogens with one attached hydrogen (secondary N) is 1. The predicted octanol–water partition coefficient (Wildman–Crippen LogP) is 3.23. The van der Waals surface area contributed by atoms with Gasteiger partial charge in [0.25, 0.3) is 0 Å². The van der Waals surface area contributed by atoms with Gasteiger partial charge in [-0.1, -0.05) is 15.9 Å². The highest BCUT2D eigenvalue weighted by molar-refractivity contribution is 9.10. The zero-order chi connectivity index (χ0) is 14.0. The van der Waals surface area contributed by atoms with Gasteiger partial charge in [-0.05, 0) is 51.5 Å². The summed E-state index contributed by atoms with van der Waals surface area (Å²) in [4.78, 5) is 1.68. The van der Waals surface area contributed by atoms with Crippen molar-refractivity contribution in [3.05, 3.63) is 40.1 Å². The van der Waals surface area contributed by atoms with Crippen LogP contribution < -0.4 is 5.32 Å². The topological polar surface area (TPSA) is 42.7 Å². The van der Waals surface area contributed by atoms with E-state index in [0.29, 0.717) is 0 Å². The lowest BCUT2D eigenvalue weighted by molar-refractivity contribution is 0.420. The van der Waals surface area contributed by atoms with E-state index in [-0.39, 0.29) is 5.54 Å². The van der Waals surface area contributed by atoms with E-state index < -0.39 is 0 Å². The summed E-state index contributed by atoms with van der Waals surface area (Å²) >= 11 is 3.46. The van der Waals surface area contributed by atoms with Gasteiger partial charge in [-0.3, -0.25) is 0 Å². The van der Waals surface area contributed by atoms with Gasteiger partial charge in [0.05, 0.1) is 17.6 Å². The Labute approximate surface area is 122 Å². The van der Waals surface area contributed by atoms with Gasteiger partial charge in [0.15, 0.2) is 0 Å². The summed E-state index contributed by atoms with van der Waals surface area (Å²) < 4.78 is 1.07. The van der Waals surface area contributed by atoms with Crippen molar-refractivity contribution in [1.82, 2.24) is 20.3 Å². The second-order valence-electron chi connectivity index (χ2n) is 5.66. The molecule has 4 nitrogen and oxygen atoms in total. The van der Waals surface area contributed by atoms with Crippen molar-refractivity contribution in [2.45, 2.75) is 39.8 Å². The first kappa shape index (κ1) is 14.2. The largest absolute Gasteiger partial charge is 0.306 e. The Morgan fingerprint density at radius 1 is 1.32 bits per heavy atom. The van der Waals surface area contributed by atoms with Crippen LogP contribution in [0, 0.1) is 6.92 Å². The average molecular weight is 323 g/mol. The maximum absolute atomic E-state index is 4.50. The number of rotatable bonds is 3. The second-order valence-corrected chi connectivity index (χ2v) is 6.58. The molecular formula is C14H19BrN4. The fourth-order valence-electron chi connectivity index (χ4n) is 1.69. The number of aryl methyl sites for hydroxylation is 1. The number of nitrogens with zero attached hydrogens (tertiary/aromatic N) is 3. The van der Waals surface area contributed by atoms with Crippen molar-refractivity contribution in [3.63, 3.8) is 0 Å². The van der Waals surface area contributed by atoms with Crippen LogP contribution in [0.4, 0.5) is 0 Å². The van der Waals surface area contributed by atoms with Crippen LogP contribution in [0.1, 0.15) is 32.0 Å². The van der Waals surface area contributed by atoms with Gasteiger partial charge in [-0.2, -0.15) is 15.0 Å². The van der Waals surface area contributed by atoms with Crippen molar-refractivity contribution >= 4 is 15.9 Å². The van der Waals surface area contributed by atoms with E-state index >= 15 is 0 Å². The number of hydrogen-bond donors (Lipinski definition) is 1. The molecule has 102 valence electrons. The zero-order valence-corrected chi connectivity index (χ0v) is 13.3. The summed E-state index contributed by atoms with van der Waals surface area (Å²) in [5.41, 5.74) is 3.17. The van der Waals surface area contributed by atoms with E-state index in [1.807, 2.05) is 12.1 Å². The highest BCUT2D eigenvalue weighted by Crippen LogP contribution is 2.18. The Bertz CT molecular complexity index is 569. The molecule has 0 bridgehead atoms. The molecule has 1 aromatic carbocycles. The first-order valence-electron chi connectivity index (χ1n) is 6.28. The molecule has 0 aliphatic rings. The van der Waals surface area contributed by atoms with Crippen LogP contribution in [0.15, 0.2) is 28.9 Å². The molecule has 1 aromatic heterocycles. The van der Waals surface area contributed by atoms with Crippen molar-refractivity contribution in [2.75, 3.05) is 0 Å². The second kappa shape index (κ2) is 5.43. The number of benzene rings is 1. The third-order valence-electron chi connectivity index (χ3n) is 2.71. The number of halogens is 1. The molecule has 0 aliphatic heterocycles. The first-order valence-corrected chi connectivity index (χ1v) is 7.07. The van der Waals surface area contributed by atoms with E-state index in [1.54, 1.807) is 11.0 Å². The number of aromatic nitrogens is 3. The quantitative estimate of drug-likeness (QED) is 0.943. The third-order valence-corrected chi connectivity index (χ3v) is 3.21. The lowest BCUT2D eigenvalue weighted by Crippen LogP contribution is -2.35. The molecule has 0 unspecified atom stereocenters. The molecule has 0 amide bonds. The van der Waals surface area contributed by atoms with Gasteiger partial charge < -0.3 is 5.32 Å². The Hall–Kier alpha value is -1.20. The van der Waals surface area contributed by atoms with Crippen molar-refractivity contribution in [1.29, 1.82) is 0 Å². The lowest BCUT2D eigenvalue weighted by atomic mass is 10.1. The average Bonchev–Trinajstić information content (AvgIpc) is 2.74. The van der Waals surface area contributed by atoms with Gasteiger partial charge in [0, 0.05) is 16.6 Å². The molecule has 2 aromatic rings. The van der Waals surface area contributed by atoms with Crippen molar-refractivity contribution in [3.8, 4) is 5.69 Å². The van der Waals surface area contributed by atoms with Gasteiger partial charge in [0.1, 0.15) is 0 Å². The van der Waals surface area contributed by atoms with E-state index in [4.69, 9.17) is 0 Å². The molecule has 1 N–H and O–H groups in total. The Kier molecular flexibility index (Phi) is 4.06. The summed E-state index contributed by atoms with van der Waals surface area (Å²) in [5, 5.41) is 12.2. The Morgan fingerprint density at radius 3 is 2.68 bits per heavy atom. The monoisotopic (exact) mass is 322 g/mol. The van der Waals surface area contributed by atoms with Gasteiger partial charge in [0.2, 0.25) is 0 Å². The van der Waals surface area contributed by atoms with Crippen LogP contribution in [-0.4, -0.2) is 20.5 Å². The lowest BCUT2D eigenvalue weighted by Gasteiger charge is -2.19. The maximum atomic E-state index is 4.50. The minimum Gasteiger partial charge on any atom is -0.306 e. The molecule has 0 saturated carbocycles. The van der Waals surface area contributed by atoms with Crippen molar-refractivity contribution in [2.24, 2.45) is 0 Å². The summed E-state index contributed by atoms with van der Waals surface area (Å²) in [6.45, 7) is 9.18. The molecule has 0 saturated heterocycles. The number of hydrogen-bond acceptors (Lipinski definition) is 3. The Morgan fingerprint density at radius 2 is 2.05 bits per heavy atom. The maximum Gasteiger partial charge on any atom is 0.0969 e. The fraction of sp³-hybridized carbons (Fsp3) is 0.429. The smallest absolute Gasteiger partial charge is 0.0969 e. The van der Waals surface area contributed by atoms with Crippen LogP contribution in [0.3, 0.4) is 0 Å². The van der Waals surface area contributed by atoms with Crippen LogP contribution in [0.2, 0.25) is 0 Å². The molecule has 0 atom stereocenters. The molecule has 0 fully saturated rings. The molecule has 5 heteroatoms. The molecule has 0 radical (unpaired) electrons. The van der Waals surface area contributed by atoms with Crippen LogP contribution in [0.25, 0.3) is 5.69 Å². The van der Waals surface area contributed by atoms with Crippen molar-refractivity contribution < 1.29 is 0 Å². The van der Waals surface area contributed by atoms with E-state index in [1.165, 1.54) is 0 Å². The first-order chi connectivity index (χ1) is 8.85. The summed E-state index contributed by atoms with van der Waals surface area (Å²) in [7, 11) is 0. The van der Waals surface area contributed by atoms with E-state index in [9.17, 15) is 0 Å². The minimum absolute atomic E-state index is 0.0807. The Balaban J connectivity index is 2.16. The summed E-state index contributed by atoms with van der Waals surface area (Å²) in [6, 6.07) is 6.07. The normalized spacial score (nSPS) is 11.8. The molecular weight excluding hydrogens is 304 g/mol. The van der Waals surface area contributed by atoms with E-state index in [2.05, 4.69) is 65.2 Å². The molecule has 0 aliphatic carbocycles. The van der Waals surface area contributed by atoms with Crippen LogP contribution in [0.5, 0.6) is 0 Å². The van der Waals surface area contributed by atoms with Crippen LogP contribution >= 0.6 is 15.9 Å². The van der Waals surface area contributed by atoms with Gasteiger partial charge >= 0.3 is 0 Å². The van der Waals surface area contributed by atoms with E-state index in [0.717, 1.165) is 28.0 Å². The highest BCUT2D eigenvalue weighted by Gasteiger charge is 2.11. The molecule has 1 heterocycles. The molecule has 19 heavy (non-hydrogen) atoms. The SMILES string of the molecule is Cc1cc(Br)ccc1-n1ncc(CNC(C)(C)C)n1. The summed E-state index contributed by atoms with van der Waals surface area (Å²) in [5.74, 6) is 0. The van der Waals surface area contributed by atoms with Crippen LogP contribution in [-0.2, 0) is 6.54 Å². The van der Waals surface area contributed by atoms with Gasteiger partial charge in [-0.15, -0.1) is 0 Å². The minimum atomic E-state index is 0.0807. The molecule has 0 spiro atoms. The predicted molar refractivity (Wildman–Crippen MR) is 80.4 cm³/mol. The van der Waals surface area contributed by atoms with Gasteiger partial charge in [-0.25, -0.2) is 0 Å². The standard InChI is InChI=1S/C14H19BrN4/c1-10-7-11(15)5-6-13(10)19-17-9-12(18-19)8-16-14(2,3)4/h5-7,9,16H,8H2,1-4H3. The fourth-order valence-corrected chi connectivity index (χ4v) is 2.17. The zero-order valence-electron chi connectivity index (χ0n) is 11.7. The highest BCUT2D eigenvalue weighted by atomic mass is 79.9.